The maximum Gasteiger partial charge on any atom is 0.416 e. The van der Waals surface area contributed by atoms with Crippen molar-refractivity contribution in [3.05, 3.63) is 77.1 Å². The number of ether oxygens (including phenoxy) is 2. The maximum absolute atomic E-state index is 15.0. The van der Waals surface area contributed by atoms with E-state index in [1.807, 2.05) is 25.1 Å². The molecule has 0 saturated carbocycles. The molecule has 0 aliphatic carbocycles. The van der Waals surface area contributed by atoms with Gasteiger partial charge in [0.2, 0.25) is 0 Å². The Balaban J connectivity index is 1.76. The molecular formula is C26H26FN5O3. The molecule has 1 amide bonds. The quantitative estimate of drug-likeness (QED) is 0.376. The van der Waals surface area contributed by atoms with E-state index >= 15 is 0 Å². The van der Waals surface area contributed by atoms with Crippen LogP contribution in [0.25, 0.3) is 16.8 Å². The number of benzene rings is 1. The Labute approximate surface area is 202 Å². The number of carbonyl (C=O) groups is 1. The second-order valence-corrected chi connectivity index (χ2v) is 9.50. The summed E-state index contributed by atoms with van der Waals surface area (Å²) < 4.78 is 28.5. The van der Waals surface area contributed by atoms with E-state index in [2.05, 4.69) is 15.2 Å². The van der Waals surface area contributed by atoms with Gasteiger partial charge < -0.3 is 9.47 Å². The molecule has 1 aliphatic heterocycles. The summed E-state index contributed by atoms with van der Waals surface area (Å²) >= 11 is 0. The fraction of sp³-hybridized carbons (Fsp3) is 0.308. The molecular weight excluding hydrogens is 449 g/mol. The van der Waals surface area contributed by atoms with Crippen LogP contribution in [-0.4, -0.2) is 31.3 Å². The van der Waals surface area contributed by atoms with Crippen molar-refractivity contribution < 1.29 is 18.7 Å². The minimum absolute atomic E-state index is 0.0359. The molecule has 5 rings (SSSR count). The molecule has 0 spiro atoms. The lowest BCUT2D eigenvalue weighted by atomic mass is 10.0. The van der Waals surface area contributed by atoms with Crippen LogP contribution in [0.4, 0.5) is 15.0 Å². The highest BCUT2D eigenvalue weighted by atomic mass is 19.1. The first-order chi connectivity index (χ1) is 16.7. The summed E-state index contributed by atoms with van der Waals surface area (Å²) in [7, 11) is 0. The third-order valence-electron chi connectivity index (χ3n) is 5.84. The van der Waals surface area contributed by atoms with Crippen LogP contribution in [0.2, 0.25) is 0 Å². The van der Waals surface area contributed by atoms with Crippen molar-refractivity contribution in [1.82, 2.24) is 19.6 Å². The molecule has 0 saturated heterocycles. The number of halogens is 1. The lowest BCUT2D eigenvalue weighted by Gasteiger charge is -2.29. The van der Waals surface area contributed by atoms with Gasteiger partial charge in [0.05, 0.1) is 19.8 Å². The van der Waals surface area contributed by atoms with Gasteiger partial charge in [-0.15, -0.1) is 10.2 Å². The molecule has 0 atom stereocenters. The highest BCUT2D eigenvalue weighted by Crippen LogP contribution is 2.35. The average Bonchev–Trinajstić information content (AvgIpc) is 3.29. The van der Waals surface area contributed by atoms with Crippen molar-refractivity contribution in [3.63, 3.8) is 0 Å². The highest BCUT2D eigenvalue weighted by Gasteiger charge is 2.31. The molecule has 0 fully saturated rings. The minimum atomic E-state index is -0.747. The van der Waals surface area contributed by atoms with E-state index < -0.39 is 17.5 Å². The van der Waals surface area contributed by atoms with Crippen LogP contribution in [0.5, 0.6) is 0 Å². The van der Waals surface area contributed by atoms with Crippen molar-refractivity contribution >= 4 is 17.6 Å². The van der Waals surface area contributed by atoms with Gasteiger partial charge in [0, 0.05) is 34.1 Å². The zero-order valence-electron chi connectivity index (χ0n) is 20.1. The highest BCUT2D eigenvalue weighted by molar-refractivity contribution is 5.91. The summed E-state index contributed by atoms with van der Waals surface area (Å²) in [4.78, 5) is 19.4. The van der Waals surface area contributed by atoms with Crippen LogP contribution in [0.1, 0.15) is 43.2 Å². The van der Waals surface area contributed by atoms with Crippen molar-refractivity contribution in [1.29, 1.82) is 0 Å². The lowest BCUT2D eigenvalue weighted by molar-refractivity contribution is 0.0575. The first-order valence-corrected chi connectivity index (χ1v) is 11.3. The van der Waals surface area contributed by atoms with Gasteiger partial charge in [-0.2, -0.15) is 0 Å². The minimum Gasteiger partial charge on any atom is -0.443 e. The topological polar surface area (TPSA) is 81.9 Å². The van der Waals surface area contributed by atoms with E-state index in [0.29, 0.717) is 22.6 Å². The van der Waals surface area contributed by atoms with Gasteiger partial charge in [0.15, 0.2) is 5.65 Å². The normalized spacial score (nSPS) is 14.0. The molecule has 0 bridgehead atoms. The summed E-state index contributed by atoms with van der Waals surface area (Å²) in [6.45, 7) is 7.66. The van der Waals surface area contributed by atoms with Crippen LogP contribution in [0.15, 0.2) is 48.9 Å². The zero-order valence-corrected chi connectivity index (χ0v) is 20.1. The monoisotopic (exact) mass is 475 g/mol. The van der Waals surface area contributed by atoms with Crippen molar-refractivity contribution in [2.24, 2.45) is 0 Å². The van der Waals surface area contributed by atoms with Crippen LogP contribution < -0.4 is 4.90 Å². The second kappa shape index (κ2) is 8.74. The van der Waals surface area contributed by atoms with Gasteiger partial charge in [0.25, 0.3) is 0 Å². The number of aryl methyl sites for hydroxylation is 1. The molecule has 8 nitrogen and oxygen atoms in total. The van der Waals surface area contributed by atoms with Crippen molar-refractivity contribution in [3.8, 4) is 11.1 Å². The van der Waals surface area contributed by atoms with E-state index in [0.717, 1.165) is 22.4 Å². The van der Waals surface area contributed by atoms with Gasteiger partial charge in [-0.25, -0.2) is 9.18 Å². The number of rotatable bonds is 1. The summed E-state index contributed by atoms with van der Waals surface area (Å²) in [6.07, 6.45) is 2.67. The zero-order chi connectivity index (χ0) is 24.7. The first kappa shape index (κ1) is 22.9. The Morgan fingerprint density at radius 2 is 1.91 bits per heavy atom. The third kappa shape index (κ3) is 4.35. The first-order valence-electron chi connectivity index (χ1n) is 11.3. The lowest BCUT2D eigenvalue weighted by Crippen LogP contribution is -2.38. The van der Waals surface area contributed by atoms with Gasteiger partial charge in [-0.05, 0) is 51.5 Å². The van der Waals surface area contributed by atoms with Crippen LogP contribution >= 0.6 is 0 Å². The summed E-state index contributed by atoms with van der Waals surface area (Å²) in [6, 6.07) is 10.6. The van der Waals surface area contributed by atoms with E-state index in [1.54, 1.807) is 49.8 Å². The van der Waals surface area contributed by atoms with Gasteiger partial charge in [-0.3, -0.25) is 14.3 Å². The van der Waals surface area contributed by atoms with E-state index in [9.17, 15) is 9.18 Å². The number of hydrogen-bond donors (Lipinski definition) is 0. The van der Waals surface area contributed by atoms with Gasteiger partial charge in [0.1, 0.15) is 23.6 Å². The number of hydrogen-bond acceptors (Lipinski definition) is 6. The SMILES string of the molecule is Cc1ncccc1-c1cc2c(n3cnnc13)N(C(=O)OC(C)(C)C)Cc1c(F)cccc1COC2. The number of pyridine rings is 2. The molecule has 9 heteroatoms. The van der Waals surface area contributed by atoms with Crippen LogP contribution in [0, 0.1) is 12.7 Å². The Morgan fingerprint density at radius 3 is 2.69 bits per heavy atom. The van der Waals surface area contributed by atoms with Crippen LogP contribution in [0.3, 0.4) is 0 Å². The molecule has 1 aromatic carbocycles. The van der Waals surface area contributed by atoms with Crippen molar-refractivity contribution in [2.45, 2.75) is 53.1 Å². The molecule has 0 radical (unpaired) electrons. The number of fused-ring (bicyclic) bond motifs is 4. The molecule has 35 heavy (non-hydrogen) atoms. The number of anilines is 1. The number of amides is 1. The number of nitrogens with zero attached hydrogens (tertiary/aromatic N) is 5. The summed E-state index contributed by atoms with van der Waals surface area (Å²) in [5.41, 5.74) is 4.10. The maximum atomic E-state index is 15.0. The molecule has 4 aromatic rings. The largest absolute Gasteiger partial charge is 0.443 e. The molecule has 0 unspecified atom stereocenters. The van der Waals surface area contributed by atoms with Crippen molar-refractivity contribution in [2.75, 3.05) is 4.90 Å². The summed E-state index contributed by atoms with van der Waals surface area (Å²) in [5, 5.41) is 8.48. The summed E-state index contributed by atoms with van der Waals surface area (Å²) in [5.74, 6) is 0.0614. The second-order valence-electron chi connectivity index (χ2n) is 9.50. The molecule has 4 heterocycles. The fourth-order valence-electron chi connectivity index (χ4n) is 4.30. The standard InChI is InChI=1S/C26H26FN5O3/c1-16-19(8-6-10-28-16)20-11-18-14-34-13-17-7-5-9-22(27)21(17)12-31(25(33)35-26(2,3)4)24(18)32-15-29-30-23(20)32/h5-11,15H,12-14H2,1-4H3. The number of aromatic nitrogens is 4. The molecule has 0 N–H and O–H groups in total. The van der Waals surface area contributed by atoms with Crippen LogP contribution in [-0.2, 0) is 29.2 Å². The fourth-order valence-corrected chi connectivity index (χ4v) is 4.30. The Hall–Kier alpha value is -3.85. The van der Waals surface area contributed by atoms with E-state index in [1.165, 1.54) is 11.0 Å². The predicted octanol–water partition coefficient (Wildman–Crippen LogP) is 5.21. The average molecular weight is 476 g/mol. The smallest absolute Gasteiger partial charge is 0.416 e. The predicted molar refractivity (Wildman–Crippen MR) is 128 cm³/mol. The molecule has 3 aromatic heterocycles. The van der Waals surface area contributed by atoms with E-state index in [4.69, 9.17) is 9.47 Å². The Bertz CT molecular complexity index is 1430. The van der Waals surface area contributed by atoms with Gasteiger partial charge in [-0.1, -0.05) is 18.2 Å². The Kier molecular flexibility index (Phi) is 5.72. The Morgan fingerprint density at radius 1 is 1.11 bits per heavy atom. The van der Waals surface area contributed by atoms with E-state index in [-0.39, 0.29) is 19.8 Å². The number of carbonyl (C=O) groups excluding carboxylic acids is 1. The van der Waals surface area contributed by atoms with Gasteiger partial charge >= 0.3 is 6.09 Å². The molecule has 180 valence electrons. The third-order valence-corrected chi connectivity index (χ3v) is 5.84. The molecule has 1 aliphatic rings.